The lowest BCUT2D eigenvalue weighted by Crippen LogP contribution is -2.66. The Bertz CT molecular complexity index is 1550. The molecule has 6 rings (SSSR count). The van der Waals surface area contributed by atoms with E-state index in [4.69, 9.17) is 4.98 Å². The highest BCUT2D eigenvalue weighted by Gasteiger charge is 2.46. The quantitative estimate of drug-likeness (QED) is 0.317. The minimum atomic E-state index is -0.573. The second kappa shape index (κ2) is 10.3. The summed E-state index contributed by atoms with van der Waals surface area (Å²) in [6.45, 7) is 9.08. The number of likely N-dealkylation sites (tertiary alicyclic amines) is 1. The van der Waals surface area contributed by atoms with Crippen molar-refractivity contribution in [1.29, 1.82) is 0 Å². The summed E-state index contributed by atoms with van der Waals surface area (Å²) in [7, 11) is 2.06. The number of likely N-dealkylation sites (N-methyl/N-ethyl adjacent to an activating group) is 1. The summed E-state index contributed by atoms with van der Waals surface area (Å²) in [5.41, 5.74) is 6.96. The van der Waals surface area contributed by atoms with E-state index in [1.54, 1.807) is 6.92 Å². The van der Waals surface area contributed by atoms with Gasteiger partial charge in [-0.3, -0.25) is 9.20 Å². The molecule has 0 saturated carbocycles. The van der Waals surface area contributed by atoms with E-state index in [2.05, 4.69) is 69.7 Å². The average Bonchev–Trinajstić information content (AvgIpc) is 3.35. The van der Waals surface area contributed by atoms with Gasteiger partial charge in [0, 0.05) is 49.4 Å². The predicted molar refractivity (Wildman–Crippen MR) is 160 cm³/mol. The number of carbonyl (C=O) groups is 1. The number of aryl methyl sites for hydroxylation is 1. The zero-order valence-corrected chi connectivity index (χ0v) is 23.8. The van der Waals surface area contributed by atoms with Gasteiger partial charge in [-0.15, -0.1) is 0 Å². The van der Waals surface area contributed by atoms with Crippen molar-refractivity contribution in [1.82, 2.24) is 19.3 Å². The second-order valence-electron chi connectivity index (χ2n) is 11.6. The van der Waals surface area contributed by atoms with Gasteiger partial charge in [0.2, 0.25) is 0 Å². The minimum absolute atomic E-state index is 0.0152. The third-order valence-electron chi connectivity index (χ3n) is 8.61. The molecule has 5 heterocycles. The Morgan fingerprint density at radius 2 is 1.98 bits per heavy atom. The van der Waals surface area contributed by atoms with Crippen LogP contribution in [-0.2, 0) is 6.42 Å². The zero-order chi connectivity index (χ0) is 28.0. The first-order valence-electron chi connectivity index (χ1n) is 14.3. The van der Waals surface area contributed by atoms with Crippen LogP contribution in [0.25, 0.3) is 16.9 Å². The molecule has 2 saturated heterocycles. The molecule has 2 N–H and O–H groups in total. The molecule has 1 atom stereocenters. The maximum absolute atomic E-state index is 13.0. The van der Waals surface area contributed by atoms with E-state index in [0.29, 0.717) is 17.8 Å². The van der Waals surface area contributed by atoms with Crippen molar-refractivity contribution < 1.29 is 9.90 Å². The number of anilines is 3. The summed E-state index contributed by atoms with van der Waals surface area (Å²) in [5, 5.41) is 14.4. The van der Waals surface area contributed by atoms with Crippen LogP contribution in [0.3, 0.4) is 0 Å². The molecule has 208 valence electrons. The fourth-order valence-corrected chi connectivity index (χ4v) is 6.63. The van der Waals surface area contributed by atoms with Gasteiger partial charge >= 0.3 is 0 Å². The number of carbonyl (C=O) groups excluding carboxylic acids is 1. The summed E-state index contributed by atoms with van der Waals surface area (Å²) in [6.07, 6.45) is 8.65. The lowest BCUT2D eigenvalue weighted by Gasteiger charge is -2.52. The number of nitrogens with zero attached hydrogens (tertiary/aromatic N) is 5. The van der Waals surface area contributed by atoms with Gasteiger partial charge in [-0.2, -0.15) is 0 Å². The van der Waals surface area contributed by atoms with Crippen LogP contribution in [0.2, 0.25) is 0 Å². The van der Waals surface area contributed by atoms with Gasteiger partial charge < -0.3 is 20.2 Å². The number of Topliss-reactive ketones (excluding diaryl/α,β-unsaturated/α-hetero) is 1. The number of aromatic nitrogens is 3. The minimum Gasteiger partial charge on any atom is -0.387 e. The van der Waals surface area contributed by atoms with Gasteiger partial charge in [0.05, 0.1) is 35.1 Å². The molecular weight excluding hydrogens is 500 g/mol. The Balaban J connectivity index is 1.25. The highest BCUT2D eigenvalue weighted by atomic mass is 16.3. The third kappa shape index (κ3) is 4.75. The van der Waals surface area contributed by atoms with Gasteiger partial charge in [-0.25, -0.2) is 9.97 Å². The number of hydrogen-bond acceptors (Lipinski definition) is 7. The molecule has 8 nitrogen and oxygen atoms in total. The van der Waals surface area contributed by atoms with Crippen LogP contribution >= 0.6 is 0 Å². The maximum atomic E-state index is 13.0. The van der Waals surface area contributed by atoms with E-state index in [-0.39, 0.29) is 11.7 Å². The van der Waals surface area contributed by atoms with Crippen molar-refractivity contribution in [3.05, 3.63) is 71.7 Å². The van der Waals surface area contributed by atoms with Gasteiger partial charge in [-0.05, 0) is 81.6 Å². The zero-order valence-electron chi connectivity index (χ0n) is 23.8. The standard InChI is InChI=1S/C32H38N6O2/c1-5-25-26(28-17-34-30-15-21(2)12-14-38(28)30)9-10-27(31(25)22(3)39)35-29-11-8-24(16-33-29)37-13-6-7-23(18-37)32(40)19-36(4)20-32/h8-12,14-17,23,40H,5-7,13,18-20H2,1-4H3,(H,33,35). The van der Waals surface area contributed by atoms with Crippen molar-refractivity contribution in [2.75, 3.05) is 43.4 Å². The molecule has 3 aromatic heterocycles. The van der Waals surface area contributed by atoms with Crippen LogP contribution in [-0.4, -0.2) is 69.0 Å². The predicted octanol–water partition coefficient (Wildman–Crippen LogP) is 5.11. The first-order valence-corrected chi connectivity index (χ1v) is 14.3. The number of β-amino-alcohol motifs (C(OH)–C–C–N with tert-alkyl or cyclic N) is 1. The maximum Gasteiger partial charge on any atom is 0.162 e. The van der Waals surface area contributed by atoms with Crippen LogP contribution in [0.4, 0.5) is 17.2 Å². The van der Waals surface area contributed by atoms with E-state index in [0.717, 1.165) is 78.4 Å². The highest BCUT2D eigenvalue weighted by Crippen LogP contribution is 2.36. The number of nitrogens with one attached hydrogen (secondary N) is 1. The molecule has 0 aliphatic carbocycles. The summed E-state index contributed by atoms with van der Waals surface area (Å²) < 4.78 is 2.08. The van der Waals surface area contributed by atoms with E-state index in [1.807, 2.05) is 30.7 Å². The second-order valence-corrected chi connectivity index (χ2v) is 11.6. The van der Waals surface area contributed by atoms with Crippen LogP contribution < -0.4 is 10.2 Å². The summed E-state index contributed by atoms with van der Waals surface area (Å²) in [5.74, 6) is 0.983. The molecule has 0 radical (unpaired) electrons. The Labute approximate surface area is 235 Å². The van der Waals surface area contributed by atoms with Gasteiger partial charge in [0.1, 0.15) is 11.5 Å². The van der Waals surface area contributed by atoms with Crippen molar-refractivity contribution in [3.63, 3.8) is 0 Å². The van der Waals surface area contributed by atoms with Gasteiger partial charge in [0.25, 0.3) is 0 Å². The number of aliphatic hydroxyl groups is 1. The summed E-state index contributed by atoms with van der Waals surface area (Å²) in [6, 6.07) is 12.2. The topological polar surface area (TPSA) is 86.0 Å². The Hall–Kier alpha value is -3.75. The van der Waals surface area contributed by atoms with Crippen molar-refractivity contribution in [2.45, 2.75) is 45.6 Å². The number of pyridine rings is 2. The summed E-state index contributed by atoms with van der Waals surface area (Å²) >= 11 is 0. The first kappa shape index (κ1) is 26.5. The molecule has 0 bridgehead atoms. The van der Waals surface area contributed by atoms with Crippen molar-refractivity contribution in [2.24, 2.45) is 5.92 Å². The van der Waals surface area contributed by atoms with Crippen LogP contribution in [0.15, 0.2) is 55.0 Å². The first-order chi connectivity index (χ1) is 19.3. The Kier molecular flexibility index (Phi) is 6.84. The average molecular weight is 539 g/mol. The van der Waals surface area contributed by atoms with Crippen LogP contribution in [0.5, 0.6) is 0 Å². The number of ketones is 1. The highest BCUT2D eigenvalue weighted by molar-refractivity contribution is 6.03. The lowest BCUT2D eigenvalue weighted by atomic mass is 9.76. The number of rotatable bonds is 7. The van der Waals surface area contributed by atoms with Crippen LogP contribution in [0.1, 0.15) is 48.2 Å². The smallest absolute Gasteiger partial charge is 0.162 e. The molecule has 1 aromatic carbocycles. The number of hydrogen-bond donors (Lipinski definition) is 2. The van der Waals surface area contributed by atoms with Gasteiger partial charge in [-0.1, -0.05) is 13.0 Å². The molecule has 1 unspecified atom stereocenters. The SMILES string of the molecule is CCc1c(-c2cnc3cc(C)ccn23)ccc(Nc2ccc(N3CCCC(C4(O)CN(C)C4)C3)cn2)c1C(C)=O. The monoisotopic (exact) mass is 538 g/mol. The van der Waals surface area contributed by atoms with E-state index >= 15 is 0 Å². The van der Waals surface area contributed by atoms with Crippen LogP contribution in [0, 0.1) is 12.8 Å². The molecule has 0 amide bonds. The van der Waals surface area contributed by atoms with E-state index < -0.39 is 5.60 Å². The molecule has 2 aliphatic rings. The molecule has 2 aliphatic heterocycles. The van der Waals surface area contributed by atoms with Crippen molar-refractivity contribution >= 4 is 28.6 Å². The van der Waals surface area contributed by atoms with Crippen molar-refractivity contribution in [3.8, 4) is 11.3 Å². The Morgan fingerprint density at radius 1 is 1.15 bits per heavy atom. The molecule has 8 heteroatoms. The number of imidazole rings is 1. The van der Waals surface area contributed by atoms with E-state index in [1.165, 1.54) is 0 Å². The molecular formula is C32H38N6O2. The van der Waals surface area contributed by atoms with E-state index in [9.17, 15) is 9.90 Å². The normalized spacial score (nSPS) is 19.0. The largest absolute Gasteiger partial charge is 0.387 e. The molecule has 0 spiro atoms. The third-order valence-corrected chi connectivity index (χ3v) is 8.61. The Morgan fingerprint density at radius 3 is 2.67 bits per heavy atom. The number of fused-ring (bicyclic) bond motifs is 1. The lowest BCUT2D eigenvalue weighted by molar-refractivity contribution is -0.128. The molecule has 2 fully saturated rings. The fourth-order valence-electron chi connectivity index (χ4n) is 6.63. The number of benzene rings is 1. The van der Waals surface area contributed by atoms with Gasteiger partial charge in [0.15, 0.2) is 5.78 Å². The molecule has 40 heavy (non-hydrogen) atoms. The number of piperidine rings is 1. The molecule has 4 aromatic rings. The fraction of sp³-hybridized carbons (Fsp3) is 0.406. The summed E-state index contributed by atoms with van der Waals surface area (Å²) in [4.78, 5) is 26.8.